The number of hydrogen-bond donors (Lipinski definition) is 2. The quantitative estimate of drug-likeness (QED) is 0.307. The molecule has 0 aliphatic carbocycles. The molecule has 1 aliphatic rings. The number of aliphatic hydroxyl groups excluding tert-OH is 1. The molecule has 0 saturated carbocycles. The van der Waals surface area contributed by atoms with Crippen LogP contribution in [0.2, 0.25) is 10.0 Å². The third kappa shape index (κ3) is 7.70. The van der Waals surface area contributed by atoms with E-state index in [0.29, 0.717) is 11.3 Å². The zero-order valence-corrected chi connectivity index (χ0v) is 27.2. The summed E-state index contributed by atoms with van der Waals surface area (Å²) in [5.74, 6) is -1.19. The Labute approximate surface area is 268 Å². The van der Waals surface area contributed by atoms with E-state index in [4.69, 9.17) is 27.9 Å². The number of carbonyl (C=O) groups excluding carboxylic acids is 3. The van der Waals surface area contributed by atoms with Crippen LogP contribution in [0.5, 0.6) is 0 Å². The van der Waals surface area contributed by atoms with Crippen molar-refractivity contribution < 1.29 is 24.2 Å². The lowest BCUT2D eigenvalue weighted by molar-refractivity contribution is -0.126. The first kappa shape index (κ1) is 33.2. The van der Waals surface area contributed by atoms with Gasteiger partial charge in [0.15, 0.2) is 0 Å². The Kier molecular flexibility index (Phi) is 9.93. The fraction of sp³-hybridized carbons (Fsp3) is 0.394. The largest absolute Gasteiger partial charge is 0.444 e. The molecule has 9 nitrogen and oxygen atoms in total. The highest BCUT2D eigenvalue weighted by Crippen LogP contribution is 2.36. The Hall–Kier alpha value is -3.66. The molecule has 3 amide bonds. The van der Waals surface area contributed by atoms with Crippen LogP contribution in [0.15, 0.2) is 67.0 Å². The van der Waals surface area contributed by atoms with Gasteiger partial charge in [-0.15, -0.1) is 0 Å². The summed E-state index contributed by atoms with van der Waals surface area (Å²) in [5, 5.41) is 13.9. The minimum atomic E-state index is -1.26. The van der Waals surface area contributed by atoms with Crippen molar-refractivity contribution in [3.63, 3.8) is 0 Å². The predicted octanol–water partition coefficient (Wildman–Crippen LogP) is 6.77. The van der Waals surface area contributed by atoms with Crippen LogP contribution in [-0.2, 0) is 19.7 Å². The molecule has 2 aromatic carbocycles. The lowest BCUT2D eigenvalue weighted by Crippen LogP contribution is -2.52. The van der Waals surface area contributed by atoms with E-state index in [0.717, 1.165) is 5.56 Å². The SMILES string of the molecule is CC(C)(C)OC(=O)N1C[C@H](O)C[C@@H]1C(=O)N(c1ccc(C(C)(C)C)cc1)C(C(=O)Nc1c(Cl)cccc1Cl)c1cccnc1. The minimum absolute atomic E-state index is 0.0353. The maximum absolute atomic E-state index is 14.7. The number of amides is 3. The molecule has 2 N–H and O–H groups in total. The summed E-state index contributed by atoms with van der Waals surface area (Å²) in [5.41, 5.74) is 1.03. The average molecular weight is 642 g/mol. The van der Waals surface area contributed by atoms with Gasteiger partial charge in [0.05, 0.1) is 28.4 Å². The van der Waals surface area contributed by atoms with Gasteiger partial charge in [-0.3, -0.25) is 24.4 Å². The fourth-order valence-electron chi connectivity index (χ4n) is 5.02. The van der Waals surface area contributed by atoms with Crippen LogP contribution in [0.1, 0.15) is 65.1 Å². The zero-order valence-electron chi connectivity index (χ0n) is 25.7. The number of ether oxygens (including phenoxy) is 1. The molecule has 1 fully saturated rings. The molecule has 0 spiro atoms. The molecular weight excluding hydrogens is 603 g/mol. The number of β-amino-alcohol motifs (C(OH)–C–C–N with tert-alkyl or cyclic N) is 1. The van der Waals surface area contributed by atoms with E-state index < -0.39 is 41.7 Å². The summed E-state index contributed by atoms with van der Waals surface area (Å²) in [6.07, 6.45) is 1.32. The first-order chi connectivity index (χ1) is 20.6. The Balaban J connectivity index is 1.86. The van der Waals surface area contributed by atoms with Crippen molar-refractivity contribution in [2.45, 2.75) is 77.2 Å². The van der Waals surface area contributed by atoms with Gasteiger partial charge < -0.3 is 15.2 Å². The highest BCUT2D eigenvalue weighted by Gasteiger charge is 2.46. The van der Waals surface area contributed by atoms with Crippen molar-refractivity contribution in [1.82, 2.24) is 9.88 Å². The van der Waals surface area contributed by atoms with E-state index in [1.807, 2.05) is 12.1 Å². The second-order valence-corrected chi connectivity index (χ2v) is 13.6. The number of aliphatic hydroxyl groups is 1. The van der Waals surface area contributed by atoms with Crippen LogP contribution in [0.4, 0.5) is 16.2 Å². The van der Waals surface area contributed by atoms with Gasteiger partial charge in [0, 0.05) is 30.1 Å². The molecule has 3 atom stereocenters. The number of hydrogen-bond acceptors (Lipinski definition) is 6. The molecule has 1 saturated heterocycles. The van der Waals surface area contributed by atoms with Crippen molar-refractivity contribution in [2.75, 3.05) is 16.8 Å². The number of benzene rings is 2. The number of nitrogens with one attached hydrogen (secondary N) is 1. The molecule has 1 aliphatic heterocycles. The molecule has 3 aromatic rings. The van der Waals surface area contributed by atoms with E-state index in [9.17, 15) is 19.5 Å². The van der Waals surface area contributed by atoms with E-state index in [2.05, 4.69) is 31.1 Å². The zero-order chi connectivity index (χ0) is 32.4. The van der Waals surface area contributed by atoms with Crippen LogP contribution in [0.3, 0.4) is 0 Å². The number of likely N-dealkylation sites (tertiary alicyclic amines) is 1. The Morgan fingerprint density at radius 3 is 2.18 bits per heavy atom. The minimum Gasteiger partial charge on any atom is -0.444 e. The summed E-state index contributed by atoms with van der Waals surface area (Å²) in [6, 6.07) is 13.1. The van der Waals surface area contributed by atoms with Crippen LogP contribution in [0, 0.1) is 0 Å². The highest BCUT2D eigenvalue weighted by atomic mass is 35.5. The van der Waals surface area contributed by atoms with Gasteiger partial charge >= 0.3 is 6.09 Å². The van der Waals surface area contributed by atoms with E-state index in [1.54, 1.807) is 69.4 Å². The fourth-order valence-corrected chi connectivity index (χ4v) is 5.51. The van der Waals surface area contributed by atoms with E-state index >= 15 is 0 Å². The summed E-state index contributed by atoms with van der Waals surface area (Å²) < 4.78 is 5.57. The smallest absolute Gasteiger partial charge is 0.411 e. The van der Waals surface area contributed by atoms with Crippen molar-refractivity contribution in [2.24, 2.45) is 0 Å². The number of nitrogens with zero attached hydrogens (tertiary/aromatic N) is 3. The first-order valence-electron chi connectivity index (χ1n) is 14.3. The molecule has 2 heterocycles. The normalized spacial score (nSPS) is 17.6. The maximum atomic E-state index is 14.7. The van der Waals surface area contributed by atoms with Crippen molar-refractivity contribution in [3.05, 3.63) is 88.2 Å². The molecule has 0 radical (unpaired) electrons. The molecule has 234 valence electrons. The maximum Gasteiger partial charge on any atom is 0.411 e. The van der Waals surface area contributed by atoms with Gasteiger partial charge in [-0.25, -0.2) is 4.79 Å². The molecule has 4 rings (SSSR count). The van der Waals surface area contributed by atoms with Crippen molar-refractivity contribution in [1.29, 1.82) is 0 Å². The third-order valence-corrected chi connectivity index (χ3v) is 7.79. The summed E-state index contributed by atoms with van der Waals surface area (Å²) in [4.78, 5) is 48.9. The number of anilines is 2. The Morgan fingerprint density at radius 1 is 1.00 bits per heavy atom. The molecule has 1 aromatic heterocycles. The van der Waals surface area contributed by atoms with Crippen molar-refractivity contribution in [3.8, 4) is 0 Å². The summed E-state index contributed by atoms with van der Waals surface area (Å²) in [7, 11) is 0. The van der Waals surface area contributed by atoms with Crippen LogP contribution >= 0.6 is 23.2 Å². The molecular formula is C33H38Cl2N4O5. The van der Waals surface area contributed by atoms with Crippen LogP contribution in [0.25, 0.3) is 0 Å². The number of rotatable bonds is 6. The molecule has 11 heteroatoms. The lowest BCUT2D eigenvalue weighted by atomic mass is 9.87. The molecule has 44 heavy (non-hydrogen) atoms. The monoisotopic (exact) mass is 640 g/mol. The van der Waals surface area contributed by atoms with Crippen LogP contribution < -0.4 is 10.2 Å². The van der Waals surface area contributed by atoms with Gasteiger partial charge in [0.2, 0.25) is 0 Å². The van der Waals surface area contributed by atoms with E-state index in [1.165, 1.54) is 16.0 Å². The number of carbonyl (C=O) groups is 3. The van der Waals surface area contributed by atoms with Gasteiger partial charge in [-0.2, -0.15) is 0 Å². The van der Waals surface area contributed by atoms with Crippen molar-refractivity contribution >= 4 is 52.5 Å². The molecule has 1 unspecified atom stereocenters. The van der Waals surface area contributed by atoms with Gasteiger partial charge in [-0.1, -0.05) is 68.2 Å². The molecule has 0 bridgehead atoms. The number of pyridine rings is 1. The number of aromatic nitrogens is 1. The average Bonchev–Trinajstić information content (AvgIpc) is 3.34. The third-order valence-electron chi connectivity index (χ3n) is 7.16. The summed E-state index contributed by atoms with van der Waals surface area (Å²) >= 11 is 12.8. The van der Waals surface area contributed by atoms with Gasteiger partial charge in [0.1, 0.15) is 17.7 Å². The van der Waals surface area contributed by atoms with E-state index in [-0.39, 0.29) is 34.1 Å². The Bertz CT molecular complexity index is 1480. The summed E-state index contributed by atoms with van der Waals surface area (Å²) in [6.45, 7) is 11.3. The Morgan fingerprint density at radius 2 is 1.64 bits per heavy atom. The number of halogens is 2. The number of para-hydroxylation sites is 1. The topological polar surface area (TPSA) is 112 Å². The predicted molar refractivity (Wildman–Crippen MR) is 172 cm³/mol. The van der Waals surface area contributed by atoms with Crippen LogP contribution in [-0.4, -0.2) is 57.2 Å². The lowest BCUT2D eigenvalue weighted by Gasteiger charge is -2.36. The first-order valence-corrected chi connectivity index (χ1v) is 15.1. The highest BCUT2D eigenvalue weighted by molar-refractivity contribution is 6.39. The van der Waals surface area contributed by atoms with Gasteiger partial charge in [0.25, 0.3) is 11.8 Å². The second-order valence-electron chi connectivity index (χ2n) is 12.8. The standard InChI is InChI=1S/C33H38Cl2N4O5/c1-32(2,3)21-12-14-22(15-13-21)39(30(42)26-17-23(40)19-38(26)31(43)44-33(4,5)6)28(20-9-8-16-36-18-20)29(41)37-27-24(34)10-7-11-25(27)35/h7-16,18,23,26,28,40H,17,19H2,1-6H3,(H,37,41)/t23-,26-,28?/m1/s1. The van der Waals surface area contributed by atoms with Gasteiger partial charge in [-0.05, 0) is 62.1 Å². The second kappa shape index (κ2) is 13.1.